The number of ether oxygens (including phenoxy) is 2. The highest BCUT2D eigenvalue weighted by atomic mass is 16.5. The van der Waals surface area contributed by atoms with Gasteiger partial charge in [-0.3, -0.25) is 19.2 Å². The van der Waals surface area contributed by atoms with E-state index < -0.39 is 46.2 Å². The van der Waals surface area contributed by atoms with Crippen LogP contribution < -0.4 is 10.6 Å². The highest BCUT2D eigenvalue weighted by molar-refractivity contribution is 6.12. The third-order valence-corrected chi connectivity index (χ3v) is 6.25. The predicted molar refractivity (Wildman–Crippen MR) is 107 cm³/mol. The molecule has 1 aromatic rings. The number of hydrogen-bond acceptors (Lipinski definition) is 6. The summed E-state index contributed by atoms with van der Waals surface area (Å²) in [6.45, 7) is 5.22. The molecule has 3 fully saturated rings. The molecule has 0 radical (unpaired) electrons. The Morgan fingerprint density at radius 1 is 0.867 bits per heavy atom. The van der Waals surface area contributed by atoms with E-state index in [4.69, 9.17) is 9.47 Å². The van der Waals surface area contributed by atoms with Crippen LogP contribution in [0.1, 0.15) is 40.0 Å². The van der Waals surface area contributed by atoms with Gasteiger partial charge >= 0.3 is 11.9 Å². The fraction of sp³-hybridized carbons (Fsp3) is 0.545. The lowest BCUT2D eigenvalue weighted by atomic mass is 9.59. The van der Waals surface area contributed by atoms with Gasteiger partial charge in [0.15, 0.2) is 10.8 Å². The number of fused-ring (bicyclic) bond motifs is 1. The van der Waals surface area contributed by atoms with Crippen molar-refractivity contribution in [2.24, 2.45) is 16.7 Å². The molecule has 0 aromatic heterocycles. The van der Waals surface area contributed by atoms with Crippen molar-refractivity contribution in [3.05, 3.63) is 36.4 Å². The van der Waals surface area contributed by atoms with Gasteiger partial charge in [-0.15, -0.1) is 0 Å². The molecule has 8 nitrogen and oxygen atoms in total. The number of carbonyl (C=O) groups is 4. The third kappa shape index (κ3) is 3.24. The Morgan fingerprint density at radius 2 is 1.23 bits per heavy atom. The second-order valence-corrected chi connectivity index (χ2v) is 8.04. The van der Waals surface area contributed by atoms with Crippen LogP contribution >= 0.6 is 0 Å². The van der Waals surface area contributed by atoms with Crippen molar-refractivity contribution in [3.8, 4) is 0 Å². The standard InChI is InChI=1S/C16H22N2O6.C6H6/c1-4-23-12(21)15-6-7-16(13(22)24-5-2)9(15)8-14(3,17-10(15)19)18-11(16)20;1-2-4-6-5-3-1/h9H,4-8H2,1-3H3,(H,17,19)(H,18,20);1-6H/t9?,14?,15-,16+;. The summed E-state index contributed by atoms with van der Waals surface area (Å²) in [6.07, 6.45) is 0.456. The minimum atomic E-state index is -1.51. The molecule has 2 saturated heterocycles. The van der Waals surface area contributed by atoms with Gasteiger partial charge in [-0.2, -0.15) is 0 Å². The van der Waals surface area contributed by atoms with E-state index in [-0.39, 0.29) is 32.5 Å². The first kappa shape index (κ1) is 21.8. The Morgan fingerprint density at radius 3 is 1.57 bits per heavy atom. The summed E-state index contributed by atoms with van der Waals surface area (Å²) in [5, 5.41) is 5.45. The molecule has 2 heterocycles. The Hall–Kier alpha value is -2.90. The van der Waals surface area contributed by atoms with Gasteiger partial charge in [0, 0.05) is 5.92 Å². The van der Waals surface area contributed by atoms with E-state index in [2.05, 4.69) is 10.6 Å². The highest BCUT2D eigenvalue weighted by Gasteiger charge is 2.76. The van der Waals surface area contributed by atoms with Crippen LogP contribution in [0.3, 0.4) is 0 Å². The minimum Gasteiger partial charge on any atom is -0.465 e. The largest absolute Gasteiger partial charge is 0.465 e. The lowest BCUT2D eigenvalue weighted by molar-refractivity contribution is -0.183. The third-order valence-electron chi connectivity index (χ3n) is 6.25. The molecule has 2 N–H and O–H groups in total. The molecule has 0 spiro atoms. The molecule has 3 aliphatic rings. The molecule has 162 valence electrons. The molecule has 2 bridgehead atoms. The fourth-order valence-electron chi connectivity index (χ4n) is 4.90. The number of carbonyl (C=O) groups excluding carboxylic acids is 4. The van der Waals surface area contributed by atoms with Gasteiger partial charge in [0.2, 0.25) is 11.8 Å². The molecule has 30 heavy (non-hydrogen) atoms. The van der Waals surface area contributed by atoms with Crippen LogP contribution in [0.25, 0.3) is 0 Å². The molecule has 1 aliphatic carbocycles. The molecule has 1 aromatic carbocycles. The molecule has 2 unspecified atom stereocenters. The van der Waals surface area contributed by atoms with E-state index in [0.29, 0.717) is 0 Å². The van der Waals surface area contributed by atoms with Gasteiger partial charge in [0.25, 0.3) is 0 Å². The van der Waals surface area contributed by atoms with Gasteiger partial charge in [-0.05, 0) is 40.0 Å². The summed E-state index contributed by atoms with van der Waals surface area (Å²) >= 11 is 0. The molecular formula is C22H28N2O6. The van der Waals surface area contributed by atoms with E-state index >= 15 is 0 Å². The average Bonchev–Trinajstić information content (AvgIpc) is 3.09. The topological polar surface area (TPSA) is 111 Å². The van der Waals surface area contributed by atoms with Crippen molar-refractivity contribution < 1.29 is 28.7 Å². The van der Waals surface area contributed by atoms with E-state index in [1.807, 2.05) is 36.4 Å². The summed E-state index contributed by atoms with van der Waals surface area (Å²) in [4.78, 5) is 51.0. The smallest absolute Gasteiger partial charge is 0.321 e. The van der Waals surface area contributed by atoms with Crippen LogP contribution in [-0.2, 0) is 28.7 Å². The zero-order valence-corrected chi connectivity index (χ0v) is 17.5. The lowest BCUT2D eigenvalue weighted by Gasteiger charge is -2.53. The van der Waals surface area contributed by atoms with Crippen molar-refractivity contribution in [3.63, 3.8) is 0 Å². The van der Waals surface area contributed by atoms with Gasteiger partial charge < -0.3 is 20.1 Å². The Balaban J connectivity index is 0.000000367. The fourth-order valence-corrected chi connectivity index (χ4v) is 4.90. The molecule has 1 saturated carbocycles. The number of nitrogens with one attached hydrogen (secondary N) is 2. The number of hydrogen-bond donors (Lipinski definition) is 2. The highest BCUT2D eigenvalue weighted by Crippen LogP contribution is 2.62. The zero-order chi connectivity index (χ0) is 22.0. The summed E-state index contributed by atoms with van der Waals surface area (Å²) < 4.78 is 10.3. The molecule has 2 amide bonds. The molecule has 4 rings (SSSR count). The zero-order valence-electron chi connectivity index (χ0n) is 17.5. The van der Waals surface area contributed by atoms with Gasteiger partial charge in [0.1, 0.15) is 5.66 Å². The normalized spacial score (nSPS) is 33.4. The summed E-state index contributed by atoms with van der Waals surface area (Å²) in [5.41, 5.74) is -4.00. The van der Waals surface area contributed by atoms with E-state index in [0.717, 1.165) is 0 Å². The summed E-state index contributed by atoms with van der Waals surface area (Å²) in [6, 6.07) is 12.0. The Kier molecular flexibility index (Phi) is 5.87. The molecule has 2 aliphatic heterocycles. The van der Waals surface area contributed by atoms with Crippen LogP contribution in [0.2, 0.25) is 0 Å². The summed E-state index contributed by atoms with van der Waals surface area (Å²) in [5.74, 6) is -3.10. The number of piperidine rings is 2. The summed E-state index contributed by atoms with van der Waals surface area (Å²) in [7, 11) is 0. The average molecular weight is 416 g/mol. The van der Waals surface area contributed by atoms with Crippen LogP contribution in [0, 0.1) is 16.7 Å². The van der Waals surface area contributed by atoms with Gasteiger partial charge in [0.05, 0.1) is 13.2 Å². The van der Waals surface area contributed by atoms with Gasteiger partial charge in [-0.25, -0.2) is 0 Å². The Labute approximate surface area is 175 Å². The number of benzene rings is 1. The quantitative estimate of drug-likeness (QED) is 0.569. The maximum Gasteiger partial charge on any atom is 0.321 e. The molecule has 4 atom stereocenters. The van der Waals surface area contributed by atoms with Crippen LogP contribution in [-0.4, -0.2) is 42.6 Å². The first-order valence-corrected chi connectivity index (χ1v) is 10.3. The van der Waals surface area contributed by atoms with Crippen molar-refractivity contribution in [1.82, 2.24) is 10.6 Å². The number of amides is 2. The monoisotopic (exact) mass is 416 g/mol. The van der Waals surface area contributed by atoms with E-state index in [1.165, 1.54) is 0 Å². The van der Waals surface area contributed by atoms with Crippen molar-refractivity contribution >= 4 is 23.8 Å². The predicted octanol–water partition coefficient (Wildman–Crippen LogP) is 1.55. The van der Waals surface area contributed by atoms with Gasteiger partial charge in [-0.1, -0.05) is 36.4 Å². The van der Waals surface area contributed by atoms with Crippen molar-refractivity contribution in [2.45, 2.75) is 45.7 Å². The number of rotatable bonds is 4. The Bertz CT molecular complexity index is 767. The second kappa shape index (κ2) is 8.08. The van der Waals surface area contributed by atoms with Crippen LogP contribution in [0.15, 0.2) is 36.4 Å². The molecule has 8 heteroatoms. The van der Waals surface area contributed by atoms with E-state index in [9.17, 15) is 19.2 Å². The number of esters is 2. The second-order valence-electron chi connectivity index (χ2n) is 8.04. The maximum atomic E-state index is 12.8. The SMILES string of the molecule is CCOC(=O)[C@@]12CC[C@]3(C(=O)OCC)C(=O)NC(C)(CC13)NC2=O.c1ccccc1. The first-order chi connectivity index (χ1) is 14.3. The first-order valence-electron chi connectivity index (χ1n) is 10.3. The van der Waals surface area contributed by atoms with E-state index in [1.54, 1.807) is 20.8 Å². The van der Waals surface area contributed by atoms with Crippen LogP contribution in [0.4, 0.5) is 0 Å². The van der Waals surface area contributed by atoms with Crippen molar-refractivity contribution in [1.29, 1.82) is 0 Å². The lowest BCUT2D eigenvalue weighted by Crippen LogP contribution is -2.76. The van der Waals surface area contributed by atoms with Crippen LogP contribution in [0.5, 0.6) is 0 Å². The maximum absolute atomic E-state index is 12.8. The molecular weight excluding hydrogens is 388 g/mol. The minimum absolute atomic E-state index is 0.0879. The van der Waals surface area contributed by atoms with Crippen molar-refractivity contribution in [2.75, 3.05) is 13.2 Å².